The fourth-order valence-corrected chi connectivity index (χ4v) is 4.66. The minimum Gasteiger partial charge on any atom is -0.321 e. The predicted octanol–water partition coefficient (Wildman–Crippen LogP) is 8.57. The summed E-state index contributed by atoms with van der Waals surface area (Å²) >= 11 is 6.22. The Kier molecular flexibility index (Phi) is 7.73. The number of benzene rings is 4. The molecule has 0 atom stereocenters. The number of aromatic nitrogens is 1. The van der Waals surface area contributed by atoms with Crippen LogP contribution in [0.3, 0.4) is 0 Å². The molecule has 0 aliphatic rings. The van der Waals surface area contributed by atoms with E-state index in [1.54, 1.807) is 6.08 Å². The van der Waals surface area contributed by atoms with E-state index >= 15 is 0 Å². The highest BCUT2D eigenvalue weighted by Crippen LogP contribution is 2.37. The molecule has 0 fully saturated rings. The fourth-order valence-electron chi connectivity index (χ4n) is 4.54. The molecule has 5 heteroatoms. The average Bonchev–Trinajstić information content (AvgIpc) is 3.36. The second kappa shape index (κ2) is 11.7. The molecule has 4 aromatic carbocycles. The molecule has 5 rings (SSSR count). The van der Waals surface area contributed by atoms with E-state index in [0.717, 1.165) is 40.2 Å². The molecule has 0 aliphatic carbocycles. The summed E-state index contributed by atoms with van der Waals surface area (Å²) in [6.45, 7) is 2.08. The summed E-state index contributed by atoms with van der Waals surface area (Å²) in [5, 5.41) is 13.5. The number of anilines is 1. The van der Waals surface area contributed by atoms with E-state index in [-0.39, 0.29) is 5.57 Å². The van der Waals surface area contributed by atoms with Crippen molar-refractivity contribution in [2.75, 3.05) is 5.32 Å². The third-order valence-corrected chi connectivity index (χ3v) is 6.77. The van der Waals surface area contributed by atoms with Crippen LogP contribution in [0.15, 0.2) is 121 Å². The van der Waals surface area contributed by atoms with Gasteiger partial charge < -0.3 is 9.88 Å². The number of carbonyl (C=O) groups excluding carboxylic acids is 1. The molecule has 0 aliphatic heterocycles. The Morgan fingerprint density at radius 3 is 2.08 bits per heavy atom. The van der Waals surface area contributed by atoms with Gasteiger partial charge >= 0.3 is 0 Å². The molecule has 0 saturated heterocycles. The van der Waals surface area contributed by atoms with Crippen LogP contribution in [0.2, 0.25) is 5.02 Å². The van der Waals surface area contributed by atoms with E-state index in [4.69, 9.17) is 11.6 Å². The number of nitriles is 1. The van der Waals surface area contributed by atoms with Gasteiger partial charge in [-0.2, -0.15) is 5.26 Å². The second-order valence-corrected chi connectivity index (χ2v) is 9.49. The van der Waals surface area contributed by atoms with Crippen LogP contribution < -0.4 is 5.32 Å². The lowest BCUT2D eigenvalue weighted by Gasteiger charge is -2.15. The van der Waals surface area contributed by atoms with Gasteiger partial charge in [0.15, 0.2) is 0 Å². The minimum absolute atomic E-state index is 0.0135. The van der Waals surface area contributed by atoms with Crippen molar-refractivity contribution in [2.45, 2.75) is 13.3 Å². The highest BCUT2D eigenvalue weighted by molar-refractivity contribution is 6.30. The van der Waals surface area contributed by atoms with Crippen molar-refractivity contribution >= 4 is 29.3 Å². The van der Waals surface area contributed by atoms with Crippen LogP contribution in [0.25, 0.3) is 34.3 Å². The van der Waals surface area contributed by atoms with Crippen molar-refractivity contribution in [3.8, 4) is 34.3 Å². The molecule has 5 aromatic rings. The molecule has 1 N–H and O–H groups in total. The zero-order valence-electron chi connectivity index (χ0n) is 21.4. The summed E-state index contributed by atoms with van der Waals surface area (Å²) in [5.41, 5.74) is 7.25. The van der Waals surface area contributed by atoms with Crippen LogP contribution in [0.5, 0.6) is 0 Å². The Bertz CT molecular complexity index is 1660. The molecule has 1 amide bonds. The van der Waals surface area contributed by atoms with Gasteiger partial charge in [-0.3, -0.25) is 4.79 Å². The number of halogens is 1. The van der Waals surface area contributed by atoms with Crippen LogP contribution in [0.1, 0.15) is 18.1 Å². The second-order valence-electron chi connectivity index (χ2n) is 9.05. The minimum atomic E-state index is -0.457. The van der Waals surface area contributed by atoms with Crippen LogP contribution in [-0.4, -0.2) is 10.5 Å². The van der Waals surface area contributed by atoms with Crippen LogP contribution >= 0.6 is 11.6 Å². The van der Waals surface area contributed by atoms with Gasteiger partial charge in [0.25, 0.3) is 5.91 Å². The summed E-state index contributed by atoms with van der Waals surface area (Å²) in [6, 6.07) is 39.4. The molecule has 0 saturated carbocycles. The lowest BCUT2D eigenvalue weighted by atomic mass is 10.0. The Hall–Kier alpha value is -4.85. The third kappa shape index (κ3) is 5.70. The topological polar surface area (TPSA) is 57.8 Å². The molecule has 190 valence electrons. The van der Waals surface area contributed by atoms with Gasteiger partial charge in [0.05, 0.1) is 11.4 Å². The Balaban J connectivity index is 1.68. The number of aryl methyl sites for hydroxylation is 1. The van der Waals surface area contributed by atoms with Gasteiger partial charge in [-0.15, -0.1) is 0 Å². The number of carbonyl (C=O) groups is 1. The Morgan fingerprint density at radius 2 is 1.49 bits per heavy atom. The molecule has 0 spiro atoms. The predicted molar refractivity (Wildman–Crippen MR) is 160 cm³/mol. The van der Waals surface area contributed by atoms with Crippen molar-refractivity contribution in [2.24, 2.45) is 0 Å². The van der Waals surface area contributed by atoms with E-state index in [1.807, 2.05) is 115 Å². The van der Waals surface area contributed by atoms with Crippen molar-refractivity contribution < 1.29 is 4.79 Å². The van der Waals surface area contributed by atoms with Crippen molar-refractivity contribution in [3.05, 3.63) is 137 Å². The van der Waals surface area contributed by atoms with Crippen molar-refractivity contribution in [3.63, 3.8) is 0 Å². The molecule has 1 heterocycles. The maximum atomic E-state index is 13.2. The SMILES string of the molecule is CCc1ccc(NC(=O)/C(C#N)=C/c2cc(-c3ccccc3)n(-c3ccc(Cl)cc3)c2-c2ccccc2)cc1. The van der Waals surface area contributed by atoms with Gasteiger partial charge in [0.1, 0.15) is 11.6 Å². The first-order valence-corrected chi connectivity index (χ1v) is 13.1. The highest BCUT2D eigenvalue weighted by atomic mass is 35.5. The molecule has 39 heavy (non-hydrogen) atoms. The summed E-state index contributed by atoms with van der Waals surface area (Å²) in [5.74, 6) is -0.457. The van der Waals surface area contributed by atoms with Crippen LogP contribution in [-0.2, 0) is 11.2 Å². The largest absolute Gasteiger partial charge is 0.321 e. The number of hydrogen-bond donors (Lipinski definition) is 1. The first-order chi connectivity index (χ1) is 19.1. The molecular weight excluding hydrogens is 502 g/mol. The molecular formula is C34H26ClN3O. The van der Waals surface area contributed by atoms with Crippen LogP contribution in [0.4, 0.5) is 5.69 Å². The normalized spacial score (nSPS) is 11.2. The molecule has 0 unspecified atom stereocenters. The standard InChI is InChI=1S/C34H26ClN3O/c1-2-24-13-17-30(18-14-24)37-34(39)28(23-36)21-27-22-32(25-9-5-3-6-10-25)38(31-19-15-29(35)16-20-31)33(27)26-11-7-4-8-12-26/h3-22H,2H2,1H3,(H,37,39)/b28-21+. The Labute approximate surface area is 233 Å². The van der Waals surface area contributed by atoms with E-state index in [9.17, 15) is 10.1 Å². The number of hydrogen-bond acceptors (Lipinski definition) is 2. The molecule has 1 aromatic heterocycles. The highest BCUT2D eigenvalue weighted by Gasteiger charge is 2.20. The summed E-state index contributed by atoms with van der Waals surface area (Å²) in [7, 11) is 0. The van der Waals surface area contributed by atoms with Gasteiger partial charge in [-0.05, 0) is 71.7 Å². The van der Waals surface area contributed by atoms with Gasteiger partial charge in [0, 0.05) is 22.0 Å². The van der Waals surface area contributed by atoms with Gasteiger partial charge in [-0.25, -0.2) is 0 Å². The lowest BCUT2D eigenvalue weighted by Crippen LogP contribution is -2.13. The maximum Gasteiger partial charge on any atom is 0.266 e. The zero-order valence-corrected chi connectivity index (χ0v) is 22.2. The summed E-state index contributed by atoms with van der Waals surface area (Å²) in [4.78, 5) is 13.2. The maximum absolute atomic E-state index is 13.2. The molecule has 4 nitrogen and oxygen atoms in total. The number of nitrogens with one attached hydrogen (secondary N) is 1. The first kappa shape index (κ1) is 25.8. The summed E-state index contributed by atoms with van der Waals surface area (Å²) < 4.78 is 2.14. The van der Waals surface area contributed by atoms with Crippen molar-refractivity contribution in [1.82, 2.24) is 4.57 Å². The zero-order chi connectivity index (χ0) is 27.2. The van der Waals surface area contributed by atoms with Gasteiger partial charge in [0.2, 0.25) is 0 Å². The first-order valence-electron chi connectivity index (χ1n) is 12.7. The van der Waals surface area contributed by atoms with E-state index in [1.165, 1.54) is 5.56 Å². The number of nitrogens with zero attached hydrogens (tertiary/aromatic N) is 2. The monoisotopic (exact) mass is 527 g/mol. The average molecular weight is 528 g/mol. The van der Waals surface area contributed by atoms with E-state index < -0.39 is 5.91 Å². The van der Waals surface area contributed by atoms with Crippen molar-refractivity contribution in [1.29, 1.82) is 5.26 Å². The molecule has 0 radical (unpaired) electrons. The fraction of sp³-hybridized carbons (Fsp3) is 0.0588. The smallest absolute Gasteiger partial charge is 0.266 e. The quantitative estimate of drug-likeness (QED) is 0.170. The van der Waals surface area contributed by atoms with Gasteiger partial charge in [-0.1, -0.05) is 91.3 Å². The summed E-state index contributed by atoms with van der Waals surface area (Å²) in [6.07, 6.45) is 2.57. The Morgan fingerprint density at radius 1 is 0.872 bits per heavy atom. The third-order valence-electron chi connectivity index (χ3n) is 6.52. The number of amides is 1. The van der Waals surface area contributed by atoms with Crippen LogP contribution in [0, 0.1) is 11.3 Å². The number of rotatable bonds is 7. The van der Waals surface area contributed by atoms with E-state index in [0.29, 0.717) is 10.7 Å². The molecule has 0 bridgehead atoms. The van der Waals surface area contributed by atoms with E-state index in [2.05, 4.69) is 22.9 Å². The lowest BCUT2D eigenvalue weighted by molar-refractivity contribution is -0.112.